The van der Waals surface area contributed by atoms with E-state index in [0.29, 0.717) is 6.04 Å². The van der Waals surface area contributed by atoms with Crippen molar-refractivity contribution in [1.82, 2.24) is 5.32 Å². The van der Waals surface area contributed by atoms with Crippen molar-refractivity contribution >= 4 is 0 Å². The van der Waals surface area contributed by atoms with Crippen molar-refractivity contribution in [2.75, 3.05) is 19.8 Å². The highest BCUT2D eigenvalue weighted by Crippen LogP contribution is 2.32. The second-order valence-corrected chi connectivity index (χ2v) is 6.60. The van der Waals surface area contributed by atoms with Gasteiger partial charge in [-0.2, -0.15) is 0 Å². The van der Waals surface area contributed by atoms with Crippen LogP contribution in [0.5, 0.6) is 0 Å². The largest absolute Gasteiger partial charge is 0.379 e. The van der Waals surface area contributed by atoms with E-state index in [2.05, 4.69) is 57.3 Å². The summed E-state index contributed by atoms with van der Waals surface area (Å²) in [7, 11) is 0. The Bertz CT molecular complexity index is 390. The molecule has 1 fully saturated rings. The van der Waals surface area contributed by atoms with Gasteiger partial charge < -0.3 is 10.1 Å². The molecule has 0 radical (unpaired) electrons. The molecule has 1 saturated heterocycles. The average Bonchev–Trinajstić information content (AvgIpc) is 2.28. The van der Waals surface area contributed by atoms with Crippen molar-refractivity contribution in [2.24, 2.45) is 5.92 Å². The topological polar surface area (TPSA) is 21.3 Å². The maximum atomic E-state index is 5.48. The second kappa shape index (κ2) is 6.06. The van der Waals surface area contributed by atoms with Crippen LogP contribution in [-0.4, -0.2) is 25.8 Å². The molecule has 0 bridgehead atoms. The molecule has 0 amide bonds. The minimum atomic E-state index is 0.195. The average molecular weight is 261 g/mol. The molecule has 19 heavy (non-hydrogen) atoms. The van der Waals surface area contributed by atoms with Crippen LogP contribution in [0.2, 0.25) is 0 Å². The molecule has 106 valence electrons. The second-order valence-electron chi connectivity index (χ2n) is 6.60. The summed E-state index contributed by atoms with van der Waals surface area (Å²) in [5.74, 6) is 0.717. The number of hydrogen-bond acceptors (Lipinski definition) is 2. The van der Waals surface area contributed by atoms with Crippen LogP contribution in [0.15, 0.2) is 24.3 Å². The van der Waals surface area contributed by atoms with Gasteiger partial charge in [0.15, 0.2) is 0 Å². The van der Waals surface area contributed by atoms with Gasteiger partial charge in [-0.05, 0) is 23.5 Å². The van der Waals surface area contributed by atoms with Gasteiger partial charge in [-0.25, -0.2) is 0 Å². The van der Waals surface area contributed by atoms with Crippen molar-refractivity contribution in [3.05, 3.63) is 35.4 Å². The molecule has 2 rings (SSSR count). The van der Waals surface area contributed by atoms with Gasteiger partial charge in [0.1, 0.15) is 0 Å². The molecule has 2 nitrogen and oxygen atoms in total. The molecule has 1 aliphatic rings. The van der Waals surface area contributed by atoms with Gasteiger partial charge in [0.05, 0.1) is 18.6 Å². The Kier molecular flexibility index (Phi) is 4.64. The van der Waals surface area contributed by atoms with Gasteiger partial charge in [-0.3, -0.25) is 0 Å². The molecule has 1 aliphatic heterocycles. The van der Waals surface area contributed by atoms with E-state index in [1.165, 1.54) is 11.1 Å². The third-order valence-electron chi connectivity index (χ3n) is 3.82. The maximum Gasteiger partial charge on any atom is 0.0598 e. The Hall–Kier alpha value is -0.860. The van der Waals surface area contributed by atoms with Crippen LogP contribution in [0.1, 0.15) is 38.8 Å². The third-order valence-corrected chi connectivity index (χ3v) is 3.82. The van der Waals surface area contributed by atoms with Crippen LogP contribution in [-0.2, 0) is 16.6 Å². The minimum absolute atomic E-state index is 0.195. The van der Waals surface area contributed by atoms with Crippen LogP contribution in [0.3, 0.4) is 0 Å². The first-order chi connectivity index (χ1) is 9.02. The van der Waals surface area contributed by atoms with E-state index in [-0.39, 0.29) is 5.41 Å². The fourth-order valence-electron chi connectivity index (χ4n) is 2.58. The molecule has 0 unspecified atom stereocenters. The predicted octanol–water partition coefficient (Wildman–Crippen LogP) is 3.15. The van der Waals surface area contributed by atoms with Crippen LogP contribution in [0.25, 0.3) is 0 Å². The molecule has 1 heterocycles. The normalized spacial score (nSPS) is 17.8. The summed E-state index contributed by atoms with van der Waals surface area (Å²) in [4.78, 5) is 0. The van der Waals surface area contributed by atoms with Gasteiger partial charge in [0.25, 0.3) is 0 Å². The molecule has 0 atom stereocenters. The molecule has 1 N–H and O–H groups in total. The Labute approximate surface area is 117 Å². The van der Waals surface area contributed by atoms with Crippen LogP contribution < -0.4 is 5.32 Å². The van der Waals surface area contributed by atoms with E-state index < -0.39 is 0 Å². The summed E-state index contributed by atoms with van der Waals surface area (Å²) in [6.07, 6.45) is 1.16. The summed E-state index contributed by atoms with van der Waals surface area (Å²) >= 11 is 0. The van der Waals surface area contributed by atoms with E-state index in [4.69, 9.17) is 4.74 Å². The van der Waals surface area contributed by atoms with E-state index in [0.717, 1.165) is 32.1 Å². The summed E-state index contributed by atoms with van der Waals surface area (Å²) < 4.78 is 5.48. The predicted molar refractivity (Wildman–Crippen MR) is 80.6 cm³/mol. The Morgan fingerprint density at radius 1 is 1.11 bits per heavy atom. The number of benzene rings is 1. The van der Waals surface area contributed by atoms with Gasteiger partial charge in [-0.1, -0.05) is 52.0 Å². The van der Waals surface area contributed by atoms with Crippen molar-refractivity contribution in [1.29, 1.82) is 0 Å². The van der Waals surface area contributed by atoms with Crippen molar-refractivity contribution < 1.29 is 4.74 Å². The van der Waals surface area contributed by atoms with Crippen LogP contribution in [0.4, 0.5) is 0 Å². The molecule has 0 aromatic heterocycles. The Morgan fingerprint density at radius 3 is 2.16 bits per heavy atom. The minimum Gasteiger partial charge on any atom is -0.379 e. The van der Waals surface area contributed by atoms with Gasteiger partial charge in [0.2, 0.25) is 0 Å². The quantitative estimate of drug-likeness (QED) is 0.849. The molecule has 1 aromatic carbocycles. The zero-order valence-corrected chi connectivity index (χ0v) is 12.7. The first kappa shape index (κ1) is 14.5. The van der Waals surface area contributed by atoms with E-state index in [1.54, 1.807) is 0 Å². The number of ether oxygens (including phenoxy) is 1. The lowest BCUT2D eigenvalue weighted by Gasteiger charge is -2.42. The smallest absolute Gasteiger partial charge is 0.0598 e. The van der Waals surface area contributed by atoms with Crippen molar-refractivity contribution in [3.63, 3.8) is 0 Å². The lowest BCUT2D eigenvalue weighted by molar-refractivity contribution is -0.0597. The first-order valence-corrected chi connectivity index (χ1v) is 7.42. The molecule has 0 aliphatic carbocycles. The highest BCUT2D eigenvalue weighted by molar-refractivity contribution is 5.32. The SMILES string of the molecule is CC(C)Cc1ccc(C2(CNC(C)C)COC2)cc1. The Balaban J connectivity index is 2.06. The molecule has 1 aromatic rings. The third kappa shape index (κ3) is 3.58. The summed E-state index contributed by atoms with van der Waals surface area (Å²) in [6.45, 7) is 11.6. The van der Waals surface area contributed by atoms with Crippen LogP contribution >= 0.6 is 0 Å². The zero-order valence-electron chi connectivity index (χ0n) is 12.7. The molecule has 2 heteroatoms. The zero-order chi connectivity index (χ0) is 13.9. The lowest BCUT2D eigenvalue weighted by atomic mass is 9.78. The summed E-state index contributed by atoms with van der Waals surface area (Å²) in [5, 5.41) is 3.55. The number of rotatable bonds is 6. The van der Waals surface area contributed by atoms with Crippen molar-refractivity contribution in [2.45, 2.75) is 45.6 Å². The molecule has 0 spiro atoms. The van der Waals surface area contributed by atoms with Gasteiger partial charge in [0, 0.05) is 12.6 Å². The summed E-state index contributed by atoms with van der Waals surface area (Å²) in [5.41, 5.74) is 3.05. The van der Waals surface area contributed by atoms with Gasteiger partial charge >= 0.3 is 0 Å². The highest BCUT2D eigenvalue weighted by Gasteiger charge is 2.40. The van der Waals surface area contributed by atoms with E-state index in [9.17, 15) is 0 Å². The highest BCUT2D eigenvalue weighted by atomic mass is 16.5. The molecule has 0 saturated carbocycles. The maximum absolute atomic E-state index is 5.48. The monoisotopic (exact) mass is 261 g/mol. The van der Waals surface area contributed by atoms with Gasteiger partial charge in [-0.15, -0.1) is 0 Å². The summed E-state index contributed by atoms with van der Waals surface area (Å²) in [6, 6.07) is 9.68. The molecular formula is C17H27NO. The van der Waals surface area contributed by atoms with Crippen LogP contribution in [0, 0.1) is 5.92 Å². The van der Waals surface area contributed by atoms with E-state index in [1.807, 2.05) is 0 Å². The van der Waals surface area contributed by atoms with Crippen molar-refractivity contribution in [3.8, 4) is 0 Å². The first-order valence-electron chi connectivity index (χ1n) is 7.42. The fraction of sp³-hybridized carbons (Fsp3) is 0.647. The lowest BCUT2D eigenvalue weighted by Crippen LogP contribution is -2.54. The number of nitrogens with one attached hydrogen (secondary N) is 1. The standard InChI is InChI=1S/C17H27NO/c1-13(2)9-15-5-7-16(8-6-15)17(11-19-12-17)10-18-14(3)4/h5-8,13-14,18H,9-12H2,1-4H3. The fourth-order valence-corrected chi connectivity index (χ4v) is 2.58. The Morgan fingerprint density at radius 2 is 1.74 bits per heavy atom. The van der Waals surface area contributed by atoms with E-state index >= 15 is 0 Å². The number of hydrogen-bond donors (Lipinski definition) is 1. The molecular weight excluding hydrogens is 234 g/mol.